The number of hydrogen-bond acceptors (Lipinski definition) is 4. The molecule has 0 aromatic heterocycles. The van der Waals surface area contributed by atoms with E-state index in [9.17, 15) is 4.79 Å². The van der Waals surface area contributed by atoms with Crippen molar-refractivity contribution in [1.29, 1.82) is 0 Å². The van der Waals surface area contributed by atoms with Crippen LogP contribution in [0.3, 0.4) is 0 Å². The van der Waals surface area contributed by atoms with Gasteiger partial charge in [0, 0.05) is 13.2 Å². The van der Waals surface area contributed by atoms with Gasteiger partial charge in [-0.25, -0.2) is 0 Å². The van der Waals surface area contributed by atoms with Crippen LogP contribution in [0.15, 0.2) is 0 Å². The monoisotopic (exact) mass is 294 g/mol. The number of carboxylic acid groups (broad SMARTS) is 1. The van der Waals surface area contributed by atoms with Gasteiger partial charge in [-0.2, -0.15) is 12.6 Å². The van der Waals surface area contributed by atoms with E-state index in [1.54, 1.807) is 0 Å². The fraction of sp³-hybridized carbons (Fsp3) is 0.929. The van der Waals surface area contributed by atoms with Crippen LogP contribution in [0.4, 0.5) is 0 Å². The summed E-state index contributed by atoms with van der Waals surface area (Å²) in [5, 5.41) is 24.8. The maximum Gasteiger partial charge on any atom is 0.313 e. The lowest BCUT2D eigenvalue weighted by atomic mass is 10.1. The van der Waals surface area contributed by atoms with E-state index in [1.165, 1.54) is 51.4 Å². The number of aliphatic hydroxyl groups is 2. The lowest BCUT2D eigenvalue weighted by Crippen LogP contribution is -1.92. The molecule has 4 nitrogen and oxygen atoms in total. The maximum atomic E-state index is 9.29. The van der Waals surface area contributed by atoms with Gasteiger partial charge in [-0.05, 0) is 12.8 Å². The predicted molar refractivity (Wildman–Crippen MR) is 81.8 cm³/mol. The number of thiol groups is 1. The van der Waals surface area contributed by atoms with E-state index in [0.717, 1.165) is 12.8 Å². The summed E-state index contributed by atoms with van der Waals surface area (Å²) in [6.07, 6.45) is 12.2. The number of carboxylic acids is 1. The Morgan fingerprint density at radius 3 is 1.05 bits per heavy atom. The van der Waals surface area contributed by atoms with Crippen LogP contribution >= 0.6 is 12.6 Å². The van der Waals surface area contributed by atoms with Crippen molar-refractivity contribution in [3.63, 3.8) is 0 Å². The minimum Gasteiger partial charge on any atom is -0.481 e. The van der Waals surface area contributed by atoms with Crippen molar-refractivity contribution in [2.75, 3.05) is 19.0 Å². The number of carbonyl (C=O) groups is 1. The molecule has 0 heterocycles. The molecule has 0 aliphatic rings. The average molecular weight is 294 g/mol. The zero-order chi connectivity index (χ0) is 14.8. The first-order valence-corrected chi connectivity index (χ1v) is 7.86. The van der Waals surface area contributed by atoms with E-state index < -0.39 is 5.97 Å². The third-order valence-corrected chi connectivity index (χ3v) is 2.97. The molecule has 5 heteroatoms. The normalized spacial score (nSPS) is 9.84. The molecule has 0 unspecified atom stereocenters. The standard InChI is InChI=1S/C12H26O2.C2H4O2S/c13-11-9-7-5-3-1-2-4-6-8-10-12-14;3-2(4)1-5/h13-14H,1-12H2;5H,1H2,(H,3,4). The van der Waals surface area contributed by atoms with Gasteiger partial charge >= 0.3 is 5.97 Å². The second kappa shape index (κ2) is 20.1. The lowest BCUT2D eigenvalue weighted by Gasteiger charge is -2.01. The van der Waals surface area contributed by atoms with Crippen LogP contribution in [0.1, 0.15) is 64.2 Å². The van der Waals surface area contributed by atoms with E-state index in [4.69, 9.17) is 15.3 Å². The molecule has 0 bridgehead atoms. The second-order valence-corrected chi connectivity index (χ2v) is 4.85. The number of hydrogen-bond donors (Lipinski definition) is 4. The SMILES string of the molecule is O=C(O)CS.OCCCCCCCCCCCCO. The number of aliphatic hydroxyl groups excluding tert-OH is 2. The Kier molecular flexibility index (Phi) is 22.2. The Balaban J connectivity index is 0. The summed E-state index contributed by atoms with van der Waals surface area (Å²) < 4.78 is 0. The Labute approximate surface area is 122 Å². The molecule has 0 aliphatic carbocycles. The van der Waals surface area contributed by atoms with Gasteiger partial charge in [0.2, 0.25) is 0 Å². The van der Waals surface area contributed by atoms with E-state index in [2.05, 4.69) is 12.6 Å². The lowest BCUT2D eigenvalue weighted by molar-refractivity contribution is -0.133. The predicted octanol–water partition coefficient (Wildman–Crippen LogP) is 2.87. The summed E-state index contributed by atoms with van der Waals surface area (Å²) in [5.74, 6) is -0.965. The van der Waals surface area contributed by atoms with Gasteiger partial charge in [0.25, 0.3) is 0 Å². The first-order chi connectivity index (χ1) is 9.18. The zero-order valence-electron chi connectivity index (χ0n) is 11.9. The molecule has 0 radical (unpaired) electrons. The summed E-state index contributed by atoms with van der Waals surface area (Å²) >= 11 is 3.42. The summed E-state index contributed by atoms with van der Waals surface area (Å²) in [5.41, 5.74) is 0. The number of aliphatic carboxylic acids is 1. The van der Waals surface area contributed by atoms with Crippen molar-refractivity contribution in [1.82, 2.24) is 0 Å². The van der Waals surface area contributed by atoms with Gasteiger partial charge in [0.15, 0.2) is 0 Å². The highest BCUT2D eigenvalue weighted by Gasteiger charge is 1.92. The van der Waals surface area contributed by atoms with Crippen molar-refractivity contribution < 1.29 is 20.1 Å². The molecule has 0 amide bonds. The molecule has 0 aromatic rings. The quantitative estimate of drug-likeness (QED) is 0.330. The van der Waals surface area contributed by atoms with Gasteiger partial charge in [-0.1, -0.05) is 51.4 Å². The fourth-order valence-electron chi connectivity index (χ4n) is 1.64. The highest BCUT2D eigenvalue weighted by molar-refractivity contribution is 7.81. The third-order valence-electron chi connectivity index (χ3n) is 2.70. The van der Waals surface area contributed by atoms with E-state index in [-0.39, 0.29) is 5.75 Å². The third kappa shape index (κ3) is 27.1. The molecule has 0 saturated heterocycles. The first-order valence-electron chi connectivity index (χ1n) is 7.23. The topological polar surface area (TPSA) is 77.8 Å². The molecule has 0 saturated carbocycles. The Bertz CT molecular complexity index is 165. The number of unbranched alkanes of at least 4 members (excludes halogenated alkanes) is 9. The van der Waals surface area contributed by atoms with Gasteiger partial charge < -0.3 is 15.3 Å². The smallest absolute Gasteiger partial charge is 0.313 e. The van der Waals surface area contributed by atoms with Crippen molar-refractivity contribution in [2.24, 2.45) is 0 Å². The fourth-order valence-corrected chi connectivity index (χ4v) is 1.64. The maximum absolute atomic E-state index is 9.29. The Morgan fingerprint density at radius 2 is 0.895 bits per heavy atom. The van der Waals surface area contributed by atoms with Crippen molar-refractivity contribution >= 4 is 18.6 Å². The van der Waals surface area contributed by atoms with Crippen molar-refractivity contribution in [3.8, 4) is 0 Å². The summed E-state index contributed by atoms with van der Waals surface area (Å²) in [6, 6.07) is 0. The minimum absolute atomic E-state index is 0.0833. The molecule has 0 spiro atoms. The zero-order valence-corrected chi connectivity index (χ0v) is 12.8. The minimum atomic E-state index is -0.881. The van der Waals surface area contributed by atoms with Gasteiger partial charge in [-0.15, -0.1) is 0 Å². The van der Waals surface area contributed by atoms with Crippen molar-refractivity contribution in [2.45, 2.75) is 64.2 Å². The second-order valence-electron chi connectivity index (χ2n) is 4.53. The summed E-state index contributed by atoms with van der Waals surface area (Å²) in [7, 11) is 0. The van der Waals surface area contributed by atoms with Crippen LogP contribution in [-0.4, -0.2) is 40.3 Å². The largest absolute Gasteiger partial charge is 0.481 e. The molecule has 19 heavy (non-hydrogen) atoms. The van der Waals surface area contributed by atoms with Crippen molar-refractivity contribution in [3.05, 3.63) is 0 Å². The van der Waals surface area contributed by atoms with Crippen LogP contribution < -0.4 is 0 Å². The molecule has 0 rings (SSSR count). The summed E-state index contributed by atoms with van der Waals surface area (Å²) in [6.45, 7) is 0.697. The van der Waals surface area contributed by atoms with Gasteiger partial charge in [0.05, 0.1) is 5.75 Å². The van der Waals surface area contributed by atoms with E-state index in [1.807, 2.05) is 0 Å². The highest BCUT2D eigenvalue weighted by atomic mass is 32.1. The van der Waals surface area contributed by atoms with E-state index in [0.29, 0.717) is 13.2 Å². The molecule has 0 fully saturated rings. The summed E-state index contributed by atoms with van der Waals surface area (Å²) in [4.78, 5) is 9.29. The Morgan fingerprint density at radius 1 is 0.684 bits per heavy atom. The van der Waals surface area contributed by atoms with Gasteiger partial charge in [-0.3, -0.25) is 4.79 Å². The number of rotatable bonds is 12. The highest BCUT2D eigenvalue weighted by Crippen LogP contribution is 2.10. The van der Waals surface area contributed by atoms with Crippen LogP contribution in [0.2, 0.25) is 0 Å². The molecule has 0 aliphatic heterocycles. The van der Waals surface area contributed by atoms with Crippen LogP contribution in [0.25, 0.3) is 0 Å². The molecule has 116 valence electrons. The molecular formula is C14H30O4S. The molecular weight excluding hydrogens is 264 g/mol. The first kappa shape index (κ1) is 21.0. The molecule has 0 aromatic carbocycles. The molecule has 3 N–H and O–H groups in total. The average Bonchev–Trinajstić information content (AvgIpc) is 2.41. The van der Waals surface area contributed by atoms with Gasteiger partial charge in [0.1, 0.15) is 0 Å². The van der Waals surface area contributed by atoms with Crippen LogP contribution in [0, 0.1) is 0 Å². The Hall–Kier alpha value is -0.260. The van der Waals surface area contributed by atoms with Crippen LogP contribution in [0.5, 0.6) is 0 Å². The van der Waals surface area contributed by atoms with E-state index >= 15 is 0 Å². The molecule has 0 atom stereocenters. The van der Waals surface area contributed by atoms with Crippen LogP contribution in [-0.2, 0) is 4.79 Å².